The number of nitrogens with one attached hydrogen (secondary N) is 2. The number of benzene rings is 2. The highest BCUT2D eigenvalue weighted by atomic mass is 35.5. The van der Waals surface area contributed by atoms with Gasteiger partial charge in [0, 0.05) is 68.3 Å². The third-order valence-electron chi connectivity index (χ3n) is 11.0. The maximum atomic E-state index is 13.4. The molecule has 2 aromatic carbocycles. The van der Waals surface area contributed by atoms with Gasteiger partial charge >= 0.3 is 0 Å². The fourth-order valence-electron chi connectivity index (χ4n) is 8.53. The van der Waals surface area contributed by atoms with E-state index < -0.39 is 40.5 Å². The highest BCUT2D eigenvalue weighted by Gasteiger charge is 2.64. The summed E-state index contributed by atoms with van der Waals surface area (Å²) in [7, 11) is 0. The molecule has 5 amide bonds. The number of pyridine rings is 1. The second kappa shape index (κ2) is 13.6. The topological polar surface area (TPSA) is 165 Å². The second-order valence-corrected chi connectivity index (χ2v) is 15.7. The number of piperazine rings is 1. The molecule has 1 aliphatic carbocycles. The van der Waals surface area contributed by atoms with Crippen LogP contribution < -0.4 is 20.3 Å². The van der Waals surface area contributed by atoms with E-state index in [1.807, 2.05) is 12.1 Å². The molecule has 1 saturated carbocycles. The van der Waals surface area contributed by atoms with Crippen molar-refractivity contribution in [1.82, 2.24) is 25.4 Å². The molecule has 3 fully saturated rings. The molecule has 14 heteroatoms. The molecule has 3 aliphatic heterocycles. The summed E-state index contributed by atoms with van der Waals surface area (Å²) >= 11 is 6.23. The summed E-state index contributed by atoms with van der Waals surface area (Å²) in [6, 6.07) is 14.7. The molecule has 2 saturated heterocycles. The lowest BCUT2D eigenvalue weighted by atomic mass is 9.49. The fourth-order valence-corrected chi connectivity index (χ4v) is 8.74. The average molecular weight is 738 g/mol. The molecule has 3 aromatic rings. The minimum Gasteiger partial charge on any atom is -0.489 e. The minimum atomic E-state index is -0.994. The van der Waals surface area contributed by atoms with E-state index in [1.54, 1.807) is 42.6 Å². The van der Waals surface area contributed by atoms with E-state index in [-0.39, 0.29) is 42.0 Å². The molecule has 13 nitrogen and oxygen atoms in total. The SMILES string of the molecule is CC1(C)C(NC(=O)c2ccc(N3CCN(Cc4ccc5c(c4)C(=O)N(C4CCC(=O)NC4=O)C5=O)CC3)nc2)C(C)(C)C1Oc1ccc(C#N)c(Cl)c1. The number of carbonyl (C=O) groups is 5. The second-order valence-electron chi connectivity index (χ2n) is 15.3. The van der Waals surface area contributed by atoms with Crippen molar-refractivity contribution in [2.24, 2.45) is 10.8 Å². The van der Waals surface area contributed by atoms with Gasteiger partial charge < -0.3 is 15.0 Å². The van der Waals surface area contributed by atoms with Crippen LogP contribution in [-0.2, 0) is 16.1 Å². The number of imide groups is 2. The van der Waals surface area contributed by atoms with E-state index in [2.05, 4.69) is 59.2 Å². The molecule has 2 N–H and O–H groups in total. The van der Waals surface area contributed by atoms with Gasteiger partial charge in [-0.25, -0.2) is 4.98 Å². The summed E-state index contributed by atoms with van der Waals surface area (Å²) in [5.74, 6) is -0.937. The van der Waals surface area contributed by atoms with E-state index in [0.29, 0.717) is 41.5 Å². The van der Waals surface area contributed by atoms with Crippen LogP contribution in [0, 0.1) is 22.2 Å². The Bertz CT molecular complexity index is 2050. The Kier molecular flexibility index (Phi) is 9.24. The van der Waals surface area contributed by atoms with Crippen molar-refractivity contribution in [2.75, 3.05) is 31.1 Å². The lowest BCUT2D eigenvalue weighted by Gasteiger charge is -2.63. The van der Waals surface area contributed by atoms with E-state index in [0.717, 1.165) is 29.4 Å². The molecule has 53 heavy (non-hydrogen) atoms. The van der Waals surface area contributed by atoms with Gasteiger partial charge in [-0.05, 0) is 48.4 Å². The van der Waals surface area contributed by atoms with Crippen molar-refractivity contribution in [1.29, 1.82) is 5.26 Å². The van der Waals surface area contributed by atoms with Gasteiger partial charge in [0.1, 0.15) is 29.8 Å². The summed E-state index contributed by atoms with van der Waals surface area (Å²) in [5, 5.41) is 14.9. The first-order valence-corrected chi connectivity index (χ1v) is 18.0. The summed E-state index contributed by atoms with van der Waals surface area (Å²) in [4.78, 5) is 73.7. The number of ether oxygens (including phenoxy) is 1. The van der Waals surface area contributed by atoms with Gasteiger partial charge in [0.15, 0.2) is 0 Å². The van der Waals surface area contributed by atoms with Gasteiger partial charge in [0.25, 0.3) is 17.7 Å². The number of amides is 5. The van der Waals surface area contributed by atoms with Crippen LogP contribution >= 0.6 is 11.6 Å². The molecule has 274 valence electrons. The number of nitrogens with zero attached hydrogens (tertiary/aromatic N) is 5. The Morgan fingerprint density at radius 1 is 0.981 bits per heavy atom. The number of anilines is 1. The zero-order chi connectivity index (χ0) is 37.8. The largest absolute Gasteiger partial charge is 0.489 e. The normalized spacial score (nSPS) is 23.5. The van der Waals surface area contributed by atoms with Crippen LogP contribution in [0.3, 0.4) is 0 Å². The molecule has 1 atom stereocenters. The Balaban J connectivity index is 0.919. The maximum absolute atomic E-state index is 13.4. The van der Waals surface area contributed by atoms with Crippen molar-refractivity contribution in [2.45, 2.75) is 65.3 Å². The molecule has 1 aromatic heterocycles. The first-order chi connectivity index (χ1) is 25.2. The summed E-state index contributed by atoms with van der Waals surface area (Å²) < 4.78 is 6.34. The van der Waals surface area contributed by atoms with Crippen molar-refractivity contribution in [3.05, 3.63) is 87.6 Å². The molecular formula is C39H40ClN7O6. The lowest BCUT2D eigenvalue weighted by molar-refractivity contribution is -0.164. The predicted octanol–water partition coefficient (Wildman–Crippen LogP) is 3.94. The molecule has 4 heterocycles. The van der Waals surface area contributed by atoms with Gasteiger partial charge in [0.05, 0.1) is 27.3 Å². The van der Waals surface area contributed by atoms with E-state index in [4.69, 9.17) is 16.3 Å². The van der Waals surface area contributed by atoms with Crippen molar-refractivity contribution < 1.29 is 28.7 Å². The van der Waals surface area contributed by atoms with E-state index >= 15 is 0 Å². The quantitative estimate of drug-likeness (QED) is 0.324. The Morgan fingerprint density at radius 3 is 2.34 bits per heavy atom. The van der Waals surface area contributed by atoms with Gasteiger partial charge in [0.2, 0.25) is 11.8 Å². The summed E-state index contributed by atoms with van der Waals surface area (Å²) in [6.45, 7) is 11.7. The molecule has 0 spiro atoms. The Morgan fingerprint density at radius 2 is 1.70 bits per heavy atom. The highest BCUT2D eigenvalue weighted by Crippen LogP contribution is 2.55. The third-order valence-corrected chi connectivity index (χ3v) is 11.4. The van der Waals surface area contributed by atoms with Crippen molar-refractivity contribution in [3.8, 4) is 11.8 Å². The lowest BCUT2D eigenvalue weighted by Crippen LogP contribution is -2.74. The van der Waals surface area contributed by atoms with E-state index in [1.165, 1.54) is 0 Å². The van der Waals surface area contributed by atoms with Crippen LogP contribution in [0.4, 0.5) is 5.82 Å². The third kappa shape index (κ3) is 6.51. The molecule has 1 unspecified atom stereocenters. The predicted molar refractivity (Wildman–Crippen MR) is 194 cm³/mol. The van der Waals surface area contributed by atoms with Gasteiger partial charge in [-0.15, -0.1) is 0 Å². The smallest absolute Gasteiger partial charge is 0.262 e. The number of hydrogen-bond donors (Lipinski definition) is 2. The molecule has 7 rings (SSSR count). The Labute approximate surface area is 312 Å². The minimum absolute atomic E-state index is 0.0740. The van der Waals surface area contributed by atoms with Crippen LogP contribution in [0.25, 0.3) is 0 Å². The molecular weight excluding hydrogens is 698 g/mol. The van der Waals surface area contributed by atoms with Crippen LogP contribution in [0.2, 0.25) is 5.02 Å². The number of aromatic nitrogens is 1. The first kappa shape index (κ1) is 36.1. The fraction of sp³-hybridized carbons (Fsp3) is 0.410. The average Bonchev–Trinajstić information content (AvgIpc) is 3.37. The number of carbonyl (C=O) groups excluding carboxylic acids is 5. The number of halogens is 1. The van der Waals surface area contributed by atoms with Crippen LogP contribution in [0.1, 0.15) is 82.7 Å². The number of hydrogen-bond acceptors (Lipinski definition) is 10. The van der Waals surface area contributed by atoms with Gasteiger partial charge in [-0.1, -0.05) is 45.4 Å². The van der Waals surface area contributed by atoms with Crippen molar-refractivity contribution in [3.63, 3.8) is 0 Å². The number of piperidine rings is 1. The number of rotatable bonds is 8. The molecule has 0 radical (unpaired) electrons. The number of nitriles is 1. The summed E-state index contributed by atoms with van der Waals surface area (Å²) in [6.07, 6.45) is 1.58. The van der Waals surface area contributed by atoms with Crippen LogP contribution in [0.15, 0.2) is 54.7 Å². The van der Waals surface area contributed by atoms with Crippen molar-refractivity contribution >= 4 is 47.0 Å². The van der Waals surface area contributed by atoms with Gasteiger partial charge in [-0.2, -0.15) is 5.26 Å². The molecule has 0 bridgehead atoms. The standard InChI is InChI=1S/C39H40ClN7O6/c1-38(2)36(39(3,4)37(38)53-25-8-6-23(19-41)28(40)18-25)44-32(49)24-7-11-30(42-20-24)46-15-13-45(14-16-46)21-22-5-9-26-27(17-22)35(52)47(34(26)51)29-10-12-31(48)43-33(29)50/h5-9,11,17-18,20,29,36-37H,10,12-16,21H2,1-4H3,(H,44,49)(H,43,48,50). The van der Waals surface area contributed by atoms with Crippen LogP contribution in [-0.4, -0.2) is 88.7 Å². The zero-order valence-electron chi connectivity index (χ0n) is 29.9. The van der Waals surface area contributed by atoms with Gasteiger partial charge in [-0.3, -0.25) is 39.1 Å². The highest BCUT2D eigenvalue weighted by molar-refractivity contribution is 6.31. The monoisotopic (exact) mass is 737 g/mol. The molecule has 4 aliphatic rings. The van der Waals surface area contributed by atoms with E-state index in [9.17, 15) is 29.2 Å². The van der Waals surface area contributed by atoms with Crippen LogP contribution in [0.5, 0.6) is 5.75 Å². The summed E-state index contributed by atoms with van der Waals surface area (Å²) in [5.41, 5.74) is 1.48. The maximum Gasteiger partial charge on any atom is 0.262 e. The zero-order valence-corrected chi connectivity index (χ0v) is 30.7. The number of fused-ring (bicyclic) bond motifs is 1. The first-order valence-electron chi connectivity index (χ1n) is 17.6. The Hall–Kier alpha value is -5.32.